The number of rotatable bonds is 5. The molecule has 1 aliphatic rings. The molecule has 0 fully saturated rings. The number of carbonyl (C=O) groups is 1. The summed E-state index contributed by atoms with van der Waals surface area (Å²) in [5.41, 5.74) is 2.10. The molecule has 1 aliphatic heterocycles. The monoisotopic (exact) mass is 330 g/mol. The van der Waals surface area contributed by atoms with Crippen molar-refractivity contribution >= 4 is 23.2 Å². The van der Waals surface area contributed by atoms with Gasteiger partial charge in [0.25, 0.3) is 0 Å². The number of carbonyl (C=O) groups excluding carboxylic acids is 1. The van der Waals surface area contributed by atoms with Crippen molar-refractivity contribution in [3.8, 4) is 5.75 Å². The number of nitrogens with one attached hydrogen (secondary N) is 1. The van der Waals surface area contributed by atoms with Crippen molar-refractivity contribution in [3.05, 3.63) is 59.1 Å². The molecular formula is C18H19ClN2O2. The highest BCUT2D eigenvalue weighted by Crippen LogP contribution is 2.30. The van der Waals surface area contributed by atoms with Crippen molar-refractivity contribution in [3.63, 3.8) is 0 Å². The largest absolute Gasteiger partial charge is 0.490 e. The Morgan fingerprint density at radius 2 is 2.09 bits per heavy atom. The van der Waals surface area contributed by atoms with Crippen LogP contribution in [0.2, 0.25) is 5.02 Å². The average molecular weight is 331 g/mol. The lowest BCUT2D eigenvalue weighted by atomic mass is 10.1. The minimum Gasteiger partial charge on any atom is -0.490 e. The molecule has 0 aromatic heterocycles. The van der Waals surface area contributed by atoms with Crippen molar-refractivity contribution in [2.24, 2.45) is 0 Å². The van der Waals surface area contributed by atoms with Crippen LogP contribution in [0.25, 0.3) is 0 Å². The van der Waals surface area contributed by atoms with E-state index in [1.54, 1.807) is 0 Å². The highest BCUT2D eigenvalue weighted by molar-refractivity contribution is 6.30. The van der Waals surface area contributed by atoms with Crippen LogP contribution in [0.1, 0.15) is 5.56 Å². The van der Waals surface area contributed by atoms with Gasteiger partial charge in [-0.25, -0.2) is 0 Å². The summed E-state index contributed by atoms with van der Waals surface area (Å²) < 4.78 is 5.60. The molecule has 5 heteroatoms. The normalized spacial score (nSPS) is 13.2. The van der Waals surface area contributed by atoms with Crippen molar-refractivity contribution < 1.29 is 9.53 Å². The summed E-state index contributed by atoms with van der Waals surface area (Å²) in [6.07, 6.45) is 0.770. The molecule has 0 bridgehead atoms. The summed E-state index contributed by atoms with van der Waals surface area (Å²) in [4.78, 5) is 14.2. The zero-order valence-corrected chi connectivity index (χ0v) is 13.6. The molecule has 0 saturated carbocycles. The van der Waals surface area contributed by atoms with Crippen LogP contribution < -0.4 is 15.0 Å². The smallest absolute Gasteiger partial charge is 0.239 e. The van der Waals surface area contributed by atoms with Crippen LogP contribution in [-0.4, -0.2) is 32.1 Å². The Hall–Kier alpha value is -2.20. The predicted octanol–water partition coefficient (Wildman–Crippen LogP) is 2.90. The third-order valence-corrected chi connectivity index (χ3v) is 4.02. The minimum atomic E-state index is 0.0173. The number of halogens is 1. The van der Waals surface area contributed by atoms with E-state index in [2.05, 4.69) is 5.32 Å². The predicted molar refractivity (Wildman–Crippen MR) is 92.3 cm³/mol. The number of fused-ring (bicyclic) bond motifs is 1. The summed E-state index contributed by atoms with van der Waals surface area (Å²) in [7, 11) is 0. The van der Waals surface area contributed by atoms with Crippen LogP contribution in [0.4, 0.5) is 5.69 Å². The van der Waals surface area contributed by atoms with E-state index < -0.39 is 0 Å². The second-order valence-electron chi connectivity index (χ2n) is 5.47. The van der Waals surface area contributed by atoms with Crippen LogP contribution in [0.5, 0.6) is 5.75 Å². The topological polar surface area (TPSA) is 41.6 Å². The summed E-state index contributed by atoms with van der Waals surface area (Å²) in [6, 6.07) is 15.5. The van der Waals surface area contributed by atoms with E-state index in [4.69, 9.17) is 16.3 Å². The van der Waals surface area contributed by atoms with Gasteiger partial charge in [-0.3, -0.25) is 4.79 Å². The molecule has 0 unspecified atom stereocenters. The quantitative estimate of drug-likeness (QED) is 0.916. The third kappa shape index (κ3) is 4.17. The molecule has 0 spiro atoms. The maximum atomic E-state index is 12.2. The Kier molecular flexibility index (Phi) is 5.03. The number of para-hydroxylation sites is 2. The highest BCUT2D eigenvalue weighted by Gasteiger charge is 2.19. The van der Waals surface area contributed by atoms with Crippen LogP contribution >= 0.6 is 11.6 Å². The van der Waals surface area contributed by atoms with Crippen LogP contribution in [0.15, 0.2) is 48.5 Å². The van der Waals surface area contributed by atoms with Gasteiger partial charge in [0.15, 0.2) is 0 Å². The van der Waals surface area contributed by atoms with Crippen molar-refractivity contribution in [2.75, 3.05) is 31.1 Å². The van der Waals surface area contributed by atoms with Gasteiger partial charge in [-0.1, -0.05) is 35.9 Å². The first-order valence-electron chi connectivity index (χ1n) is 7.70. The molecular weight excluding hydrogens is 312 g/mol. The lowest BCUT2D eigenvalue weighted by Crippen LogP contribution is -2.41. The molecule has 3 rings (SSSR count). The van der Waals surface area contributed by atoms with Gasteiger partial charge < -0.3 is 15.0 Å². The average Bonchev–Trinajstić information content (AvgIpc) is 2.55. The fourth-order valence-electron chi connectivity index (χ4n) is 2.66. The first-order chi connectivity index (χ1) is 11.2. The Labute approximate surface area is 141 Å². The minimum absolute atomic E-state index is 0.0173. The Morgan fingerprint density at radius 3 is 2.96 bits per heavy atom. The first kappa shape index (κ1) is 15.7. The van der Waals surface area contributed by atoms with Gasteiger partial charge in [0, 0.05) is 11.6 Å². The maximum absolute atomic E-state index is 12.2. The van der Waals surface area contributed by atoms with Gasteiger partial charge in [0.2, 0.25) is 5.91 Å². The maximum Gasteiger partial charge on any atom is 0.239 e. The summed E-state index contributed by atoms with van der Waals surface area (Å²) in [5.74, 6) is 0.856. The van der Waals surface area contributed by atoms with Gasteiger partial charge in [-0.05, 0) is 36.2 Å². The van der Waals surface area contributed by atoms with E-state index in [1.165, 1.54) is 0 Å². The number of hydrogen-bond donors (Lipinski definition) is 1. The standard InChI is InChI=1S/C18H19ClN2O2/c19-15-5-3-4-14(12-15)8-9-20-18(22)13-21-10-11-23-17-7-2-1-6-16(17)21/h1-7,12H,8-11,13H2,(H,20,22). The second kappa shape index (κ2) is 7.38. The van der Waals surface area contributed by atoms with E-state index in [0.29, 0.717) is 19.7 Å². The van der Waals surface area contributed by atoms with Gasteiger partial charge in [0.05, 0.1) is 18.8 Å². The van der Waals surface area contributed by atoms with Crippen LogP contribution in [0, 0.1) is 0 Å². The third-order valence-electron chi connectivity index (χ3n) is 3.78. The van der Waals surface area contributed by atoms with Crippen molar-refractivity contribution in [2.45, 2.75) is 6.42 Å². The Balaban J connectivity index is 1.50. The van der Waals surface area contributed by atoms with Crippen LogP contribution in [-0.2, 0) is 11.2 Å². The fourth-order valence-corrected chi connectivity index (χ4v) is 2.87. The van der Waals surface area contributed by atoms with Crippen molar-refractivity contribution in [1.82, 2.24) is 5.32 Å². The molecule has 1 N–H and O–H groups in total. The Morgan fingerprint density at radius 1 is 1.22 bits per heavy atom. The number of benzene rings is 2. The van der Waals surface area contributed by atoms with Gasteiger partial charge in [-0.2, -0.15) is 0 Å². The molecule has 0 saturated heterocycles. The molecule has 23 heavy (non-hydrogen) atoms. The summed E-state index contributed by atoms with van der Waals surface area (Å²) in [5, 5.41) is 3.69. The number of ether oxygens (including phenoxy) is 1. The first-order valence-corrected chi connectivity index (χ1v) is 8.08. The zero-order chi connectivity index (χ0) is 16.1. The second-order valence-corrected chi connectivity index (χ2v) is 5.90. The number of amides is 1. The number of hydrogen-bond acceptors (Lipinski definition) is 3. The molecule has 1 amide bonds. The zero-order valence-electron chi connectivity index (χ0n) is 12.8. The Bertz CT molecular complexity index is 690. The molecule has 2 aromatic rings. The van der Waals surface area contributed by atoms with Gasteiger partial charge in [0.1, 0.15) is 12.4 Å². The molecule has 4 nitrogen and oxygen atoms in total. The number of anilines is 1. The molecule has 0 aliphatic carbocycles. The van der Waals surface area contributed by atoms with Gasteiger partial charge in [-0.15, -0.1) is 0 Å². The SMILES string of the molecule is O=C(CN1CCOc2ccccc21)NCCc1cccc(Cl)c1. The van der Waals surface area contributed by atoms with E-state index >= 15 is 0 Å². The molecule has 120 valence electrons. The molecule has 0 atom stereocenters. The van der Waals surface area contributed by atoms with Crippen LogP contribution in [0.3, 0.4) is 0 Å². The van der Waals surface area contributed by atoms with Gasteiger partial charge >= 0.3 is 0 Å². The number of nitrogens with zero attached hydrogens (tertiary/aromatic N) is 1. The van der Waals surface area contributed by atoms with E-state index in [0.717, 1.165) is 35.0 Å². The molecule has 1 heterocycles. The molecule has 0 radical (unpaired) electrons. The molecule has 2 aromatic carbocycles. The van der Waals surface area contributed by atoms with E-state index in [-0.39, 0.29) is 5.91 Å². The van der Waals surface area contributed by atoms with Crippen molar-refractivity contribution in [1.29, 1.82) is 0 Å². The summed E-state index contributed by atoms with van der Waals surface area (Å²) in [6.45, 7) is 2.27. The summed E-state index contributed by atoms with van der Waals surface area (Å²) >= 11 is 5.96. The fraction of sp³-hybridized carbons (Fsp3) is 0.278. The van der Waals surface area contributed by atoms with E-state index in [9.17, 15) is 4.79 Å². The van der Waals surface area contributed by atoms with E-state index in [1.807, 2.05) is 53.4 Å². The highest BCUT2D eigenvalue weighted by atomic mass is 35.5. The lowest BCUT2D eigenvalue weighted by molar-refractivity contribution is -0.119. The lowest BCUT2D eigenvalue weighted by Gasteiger charge is -2.30.